The number of thioether (sulfide) groups is 1. The van der Waals surface area contributed by atoms with Gasteiger partial charge in [0.1, 0.15) is 5.75 Å². The number of amides is 1. The second-order valence-corrected chi connectivity index (χ2v) is 10.5. The molecule has 1 aromatic heterocycles. The molecule has 0 aliphatic rings. The number of carbonyl (C=O) groups excluding carboxylic acids is 3. The molecule has 2 aromatic carbocycles. The molecule has 0 spiro atoms. The first-order valence-corrected chi connectivity index (χ1v) is 12.8. The van der Waals surface area contributed by atoms with Crippen LogP contribution in [0.25, 0.3) is 0 Å². The van der Waals surface area contributed by atoms with Crippen LogP contribution in [0.1, 0.15) is 65.9 Å². The first kappa shape index (κ1) is 28.7. The molecule has 1 amide bonds. The van der Waals surface area contributed by atoms with Crippen molar-refractivity contribution in [1.29, 1.82) is 0 Å². The number of aromatic nitrogens is 3. The fourth-order valence-electron chi connectivity index (χ4n) is 3.59. The van der Waals surface area contributed by atoms with Crippen molar-refractivity contribution in [3.05, 3.63) is 65.0 Å². The average Bonchev–Trinajstić information content (AvgIpc) is 3.26. The fraction of sp³-hybridized carbons (Fsp3) is 0.370. The minimum atomic E-state index is -0.649. The molecule has 1 unspecified atom stereocenters. The maximum absolute atomic E-state index is 12.7. The zero-order chi connectivity index (χ0) is 28.0. The number of hydrogen-bond donors (Lipinski definition) is 1. The Morgan fingerprint density at radius 3 is 2.26 bits per heavy atom. The van der Waals surface area contributed by atoms with Gasteiger partial charge >= 0.3 is 11.9 Å². The van der Waals surface area contributed by atoms with Crippen molar-refractivity contribution in [1.82, 2.24) is 14.8 Å². The van der Waals surface area contributed by atoms with Gasteiger partial charge in [-0.25, -0.2) is 9.59 Å². The molecule has 3 aromatic rings. The Hall–Kier alpha value is -3.86. The Bertz CT molecular complexity index is 1310. The number of benzene rings is 2. The number of esters is 2. The molecule has 0 aliphatic heterocycles. The highest BCUT2D eigenvalue weighted by Gasteiger charge is 2.21. The van der Waals surface area contributed by atoms with Gasteiger partial charge in [-0.2, -0.15) is 0 Å². The van der Waals surface area contributed by atoms with E-state index in [4.69, 9.17) is 14.2 Å². The number of nitrogens with one attached hydrogen (secondary N) is 1. The van der Waals surface area contributed by atoms with E-state index in [2.05, 4.69) is 36.3 Å². The molecule has 1 atom stereocenters. The topological polar surface area (TPSA) is 122 Å². The Morgan fingerprint density at radius 1 is 1.00 bits per heavy atom. The van der Waals surface area contributed by atoms with Gasteiger partial charge in [0.05, 0.1) is 36.8 Å². The minimum absolute atomic E-state index is 0.0153. The van der Waals surface area contributed by atoms with Gasteiger partial charge in [0, 0.05) is 7.05 Å². The van der Waals surface area contributed by atoms with E-state index in [0.29, 0.717) is 11.0 Å². The molecule has 11 heteroatoms. The predicted molar refractivity (Wildman–Crippen MR) is 144 cm³/mol. The maximum atomic E-state index is 12.7. The molecule has 0 saturated carbocycles. The van der Waals surface area contributed by atoms with Crippen LogP contribution in [-0.2, 0) is 26.7 Å². The standard InChI is InChI=1S/C27H32N4O6S/c1-16(37-19-11-9-18(10-12-19)27(2,3)4)23-29-30-26(31(23)5)38-15-22(32)28-21-14-17(24(33)35-6)8-13-20(21)25(34)36-7/h8-14,16H,15H2,1-7H3,(H,28,32). The smallest absolute Gasteiger partial charge is 0.339 e. The normalized spacial score (nSPS) is 12.0. The van der Waals surface area contributed by atoms with E-state index in [1.54, 1.807) is 11.6 Å². The Labute approximate surface area is 226 Å². The number of anilines is 1. The molecular formula is C27H32N4O6S. The van der Waals surface area contributed by atoms with Crippen LogP contribution in [0.4, 0.5) is 5.69 Å². The number of ether oxygens (including phenoxy) is 3. The van der Waals surface area contributed by atoms with Gasteiger partial charge in [0.25, 0.3) is 0 Å². The highest BCUT2D eigenvalue weighted by molar-refractivity contribution is 7.99. The number of methoxy groups -OCH3 is 2. The molecule has 3 rings (SSSR count). The SMILES string of the molecule is COC(=O)c1ccc(C(=O)OC)c(NC(=O)CSc2nnc(C(C)Oc3ccc(C(C)(C)C)cc3)n2C)c1. The Balaban J connectivity index is 1.66. The second kappa shape index (κ2) is 12.1. The van der Waals surface area contributed by atoms with Crippen LogP contribution in [0.15, 0.2) is 47.6 Å². The molecule has 202 valence electrons. The van der Waals surface area contributed by atoms with Crippen LogP contribution in [0, 0.1) is 0 Å². The number of rotatable bonds is 9. The average molecular weight is 541 g/mol. The molecule has 0 saturated heterocycles. The van der Waals surface area contributed by atoms with E-state index in [0.717, 1.165) is 5.75 Å². The monoisotopic (exact) mass is 540 g/mol. The van der Waals surface area contributed by atoms with Gasteiger partial charge in [-0.05, 0) is 48.2 Å². The van der Waals surface area contributed by atoms with E-state index in [1.807, 2.05) is 31.2 Å². The van der Waals surface area contributed by atoms with Crippen LogP contribution in [-0.4, -0.2) is 52.6 Å². The summed E-state index contributed by atoms with van der Waals surface area (Å²) in [5, 5.41) is 11.6. The summed E-state index contributed by atoms with van der Waals surface area (Å²) < 4.78 is 17.3. The predicted octanol–water partition coefficient (Wildman–Crippen LogP) is 4.56. The molecule has 0 aliphatic carbocycles. The number of carbonyl (C=O) groups is 3. The fourth-order valence-corrected chi connectivity index (χ4v) is 4.31. The van der Waals surface area contributed by atoms with Crippen LogP contribution in [0.3, 0.4) is 0 Å². The van der Waals surface area contributed by atoms with Gasteiger partial charge in [0.15, 0.2) is 17.1 Å². The van der Waals surface area contributed by atoms with Gasteiger partial charge in [0.2, 0.25) is 5.91 Å². The van der Waals surface area contributed by atoms with E-state index in [9.17, 15) is 14.4 Å². The molecule has 0 fully saturated rings. The first-order chi connectivity index (χ1) is 17.9. The summed E-state index contributed by atoms with van der Waals surface area (Å²) in [5.41, 5.74) is 1.70. The zero-order valence-electron chi connectivity index (χ0n) is 22.5. The third-order valence-corrected chi connectivity index (χ3v) is 6.74. The molecule has 0 radical (unpaired) electrons. The van der Waals surface area contributed by atoms with Crippen LogP contribution >= 0.6 is 11.8 Å². The number of nitrogens with zero attached hydrogens (tertiary/aromatic N) is 3. The third kappa shape index (κ3) is 6.91. The lowest BCUT2D eigenvalue weighted by atomic mass is 9.87. The Kier molecular flexibility index (Phi) is 9.16. The quantitative estimate of drug-likeness (QED) is 0.307. The van der Waals surface area contributed by atoms with Crippen molar-refractivity contribution in [2.45, 2.75) is 44.4 Å². The lowest BCUT2D eigenvalue weighted by molar-refractivity contribution is -0.113. The summed E-state index contributed by atoms with van der Waals surface area (Å²) in [6.45, 7) is 8.34. The van der Waals surface area contributed by atoms with Gasteiger partial charge in [-0.1, -0.05) is 44.7 Å². The summed E-state index contributed by atoms with van der Waals surface area (Å²) in [6.07, 6.45) is -0.375. The van der Waals surface area contributed by atoms with Crippen molar-refractivity contribution in [2.24, 2.45) is 7.05 Å². The summed E-state index contributed by atoms with van der Waals surface area (Å²) in [5.74, 6) is -0.346. The zero-order valence-corrected chi connectivity index (χ0v) is 23.3. The summed E-state index contributed by atoms with van der Waals surface area (Å²) in [6, 6.07) is 12.2. The van der Waals surface area contributed by atoms with Gasteiger partial charge in [-0.15, -0.1) is 10.2 Å². The van der Waals surface area contributed by atoms with Gasteiger partial charge < -0.3 is 24.1 Å². The van der Waals surface area contributed by atoms with Gasteiger partial charge in [-0.3, -0.25) is 4.79 Å². The van der Waals surface area contributed by atoms with Crippen LogP contribution in [0.2, 0.25) is 0 Å². The van der Waals surface area contributed by atoms with Crippen molar-refractivity contribution < 1.29 is 28.6 Å². The molecular weight excluding hydrogens is 508 g/mol. The first-order valence-electron chi connectivity index (χ1n) is 11.8. The van der Waals surface area contributed by atoms with E-state index < -0.39 is 17.8 Å². The third-order valence-electron chi connectivity index (χ3n) is 5.72. The van der Waals surface area contributed by atoms with Crippen molar-refractivity contribution in [2.75, 3.05) is 25.3 Å². The molecule has 1 N–H and O–H groups in total. The molecule has 0 bridgehead atoms. The summed E-state index contributed by atoms with van der Waals surface area (Å²) in [7, 11) is 4.28. The van der Waals surface area contributed by atoms with E-state index in [1.165, 1.54) is 49.7 Å². The van der Waals surface area contributed by atoms with Crippen molar-refractivity contribution >= 4 is 35.3 Å². The lowest BCUT2D eigenvalue weighted by Crippen LogP contribution is -2.18. The number of hydrogen-bond acceptors (Lipinski definition) is 9. The van der Waals surface area contributed by atoms with Crippen LogP contribution < -0.4 is 10.1 Å². The van der Waals surface area contributed by atoms with Crippen LogP contribution in [0.5, 0.6) is 5.75 Å². The molecule has 1 heterocycles. The van der Waals surface area contributed by atoms with E-state index >= 15 is 0 Å². The van der Waals surface area contributed by atoms with Crippen molar-refractivity contribution in [3.63, 3.8) is 0 Å². The summed E-state index contributed by atoms with van der Waals surface area (Å²) >= 11 is 1.17. The molecule has 10 nitrogen and oxygen atoms in total. The highest BCUT2D eigenvalue weighted by atomic mass is 32.2. The highest BCUT2D eigenvalue weighted by Crippen LogP contribution is 2.28. The molecule has 38 heavy (non-hydrogen) atoms. The lowest BCUT2D eigenvalue weighted by Gasteiger charge is -2.20. The second-order valence-electron chi connectivity index (χ2n) is 9.51. The largest absolute Gasteiger partial charge is 0.483 e. The Morgan fingerprint density at radius 2 is 1.66 bits per heavy atom. The maximum Gasteiger partial charge on any atom is 0.339 e. The van der Waals surface area contributed by atoms with Crippen molar-refractivity contribution in [3.8, 4) is 5.75 Å². The summed E-state index contributed by atoms with van der Waals surface area (Å²) in [4.78, 5) is 36.7. The van der Waals surface area contributed by atoms with E-state index in [-0.39, 0.29) is 34.1 Å². The minimum Gasteiger partial charge on any atom is -0.483 e.